The Morgan fingerprint density at radius 1 is 1.17 bits per heavy atom. The van der Waals surface area contributed by atoms with Crippen LogP contribution in [0.25, 0.3) is 0 Å². The van der Waals surface area contributed by atoms with Gasteiger partial charge in [-0.1, -0.05) is 45.0 Å². The molecule has 0 radical (unpaired) electrons. The largest absolute Gasteiger partial charge is 0.481 e. The lowest BCUT2D eigenvalue weighted by Crippen LogP contribution is -2.30. The maximum atomic E-state index is 12.5. The van der Waals surface area contributed by atoms with Crippen molar-refractivity contribution in [2.75, 3.05) is 5.32 Å². The van der Waals surface area contributed by atoms with Crippen LogP contribution in [0.5, 0.6) is 5.75 Å². The first-order valence-electron chi connectivity index (χ1n) is 10.1. The summed E-state index contributed by atoms with van der Waals surface area (Å²) < 4.78 is 5.83. The van der Waals surface area contributed by atoms with Crippen LogP contribution < -0.4 is 15.4 Å². The number of nitrogens with one attached hydrogen (secondary N) is 2. The molecule has 0 saturated carbocycles. The Morgan fingerprint density at radius 3 is 2.47 bits per heavy atom. The molecule has 2 N–H and O–H groups in total. The molecule has 1 fully saturated rings. The molecule has 2 aromatic rings. The van der Waals surface area contributed by atoms with Crippen molar-refractivity contribution in [2.45, 2.75) is 52.1 Å². The second kappa shape index (κ2) is 8.69. The zero-order valence-electron chi connectivity index (χ0n) is 17.8. The summed E-state index contributed by atoms with van der Waals surface area (Å²) >= 11 is 0. The molecule has 0 spiro atoms. The van der Waals surface area contributed by atoms with Crippen molar-refractivity contribution in [3.05, 3.63) is 59.7 Å². The molecule has 3 rings (SSSR count). The number of hydrogen-bond donors (Lipinski definition) is 2. The summed E-state index contributed by atoms with van der Waals surface area (Å²) in [6, 6.07) is 15.1. The minimum absolute atomic E-state index is 0.000919. The van der Waals surface area contributed by atoms with Crippen molar-refractivity contribution in [1.29, 1.82) is 0 Å². The van der Waals surface area contributed by atoms with Crippen molar-refractivity contribution in [3.63, 3.8) is 0 Å². The van der Waals surface area contributed by atoms with E-state index in [1.165, 1.54) is 0 Å². The van der Waals surface area contributed by atoms with E-state index >= 15 is 0 Å². The van der Waals surface area contributed by atoms with Gasteiger partial charge in [-0.3, -0.25) is 19.7 Å². The normalized spacial score (nSPS) is 17.4. The number of anilines is 1. The zero-order valence-corrected chi connectivity index (χ0v) is 17.8. The minimum Gasteiger partial charge on any atom is -0.481 e. The van der Waals surface area contributed by atoms with Gasteiger partial charge in [0, 0.05) is 12.1 Å². The molecule has 6 heteroatoms. The van der Waals surface area contributed by atoms with Gasteiger partial charge in [0.25, 0.3) is 5.91 Å². The lowest BCUT2D eigenvalue weighted by molar-refractivity contribution is -0.126. The summed E-state index contributed by atoms with van der Waals surface area (Å²) in [7, 11) is 0. The van der Waals surface area contributed by atoms with Crippen molar-refractivity contribution in [3.8, 4) is 5.75 Å². The molecular formula is C24H28N2O4. The van der Waals surface area contributed by atoms with Gasteiger partial charge in [0.2, 0.25) is 11.8 Å². The van der Waals surface area contributed by atoms with E-state index < -0.39 is 6.10 Å². The maximum Gasteiger partial charge on any atom is 0.265 e. The van der Waals surface area contributed by atoms with Gasteiger partial charge < -0.3 is 10.1 Å². The van der Waals surface area contributed by atoms with Crippen LogP contribution in [-0.2, 0) is 26.2 Å². The van der Waals surface area contributed by atoms with Crippen molar-refractivity contribution >= 4 is 23.4 Å². The predicted octanol–water partition coefficient (Wildman–Crippen LogP) is 3.60. The van der Waals surface area contributed by atoms with E-state index in [1.807, 2.05) is 36.4 Å². The topological polar surface area (TPSA) is 84.5 Å². The van der Waals surface area contributed by atoms with E-state index in [1.54, 1.807) is 19.1 Å². The molecule has 6 nitrogen and oxygen atoms in total. The lowest BCUT2D eigenvalue weighted by atomic mass is 9.87. The molecule has 1 saturated heterocycles. The number of benzene rings is 2. The molecule has 0 aliphatic carbocycles. The zero-order chi connectivity index (χ0) is 21.9. The van der Waals surface area contributed by atoms with Gasteiger partial charge >= 0.3 is 0 Å². The number of amides is 3. The summed E-state index contributed by atoms with van der Waals surface area (Å²) in [5.74, 6) is -0.362. The van der Waals surface area contributed by atoms with Crippen LogP contribution in [0.2, 0.25) is 0 Å². The Balaban J connectivity index is 1.56. The fourth-order valence-corrected chi connectivity index (χ4v) is 3.32. The standard InChI is InChI=1S/C24H28N2O4/c1-15(30-20-7-5-6-18(14-20)24(2,3)4)22(28)25-19-10-8-16(9-11-19)12-17-13-21(27)26-23(17)29/h5-11,14-15,17H,12-13H2,1-4H3,(H,25,28)(H,26,27,29). The summed E-state index contributed by atoms with van der Waals surface area (Å²) in [6.07, 6.45) is 0.0611. The van der Waals surface area contributed by atoms with Crippen LogP contribution in [-0.4, -0.2) is 23.8 Å². The fourth-order valence-electron chi connectivity index (χ4n) is 3.32. The first-order valence-corrected chi connectivity index (χ1v) is 10.1. The molecule has 3 amide bonds. The second-order valence-electron chi connectivity index (χ2n) is 8.74. The van der Waals surface area contributed by atoms with Crippen molar-refractivity contribution < 1.29 is 19.1 Å². The molecule has 0 aromatic heterocycles. The molecule has 2 atom stereocenters. The van der Waals surface area contributed by atoms with Crippen LogP contribution in [0.1, 0.15) is 45.2 Å². The lowest BCUT2D eigenvalue weighted by Gasteiger charge is -2.21. The van der Waals surface area contributed by atoms with Gasteiger partial charge in [-0.05, 0) is 54.2 Å². The van der Waals surface area contributed by atoms with Gasteiger partial charge in [0.15, 0.2) is 6.10 Å². The molecule has 0 bridgehead atoms. The highest BCUT2D eigenvalue weighted by molar-refractivity contribution is 6.03. The fraction of sp³-hybridized carbons (Fsp3) is 0.375. The van der Waals surface area contributed by atoms with E-state index in [-0.39, 0.29) is 35.5 Å². The molecule has 1 aliphatic rings. The highest BCUT2D eigenvalue weighted by atomic mass is 16.5. The monoisotopic (exact) mass is 408 g/mol. The Morgan fingerprint density at radius 2 is 1.87 bits per heavy atom. The summed E-state index contributed by atoms with van der Waals surface area (Å²) in [5, 5.41) is 5.17. The molecule has 30 heavy (non-hydrogen) atoms. The van der Waals surface area contributed by atoms with E-state index in [2.05, 4.69) is 31.4 Å². The number of rotatable bonds is 6. The first kappa shape index (κ1) is 21.6. The minimum atomic E-state index is -0.659. The number of ether oxygens (including phenoxy) is 1. The molecular weight excluding hydrogens is 380 g/mol. The van der Waals surface area contributed by atoms with Gasteiger partial charge in [-0.2, -0.15) is 0 Å². The average Bonchev–Trinajstić information content (AvgIpc) is 2.99. The van der Waals surface area contributed by atoms with E-state index in [9.17, 15) is 14.4 Å². The SMILES string of the molecule is CC(Oc1cccc(C(C)(C)C)c1)C(=O)Nc1ccc(CC2CC(=O)NC2=O)cc1. The van der Waals surface area contributed by atoms with Crippen LogP contribution in [0.3, 0.4) is 0 Å². The van der Waals surface area contributed by atoms with Gasteiger partial charge in [-0.25, -0.2) is 0 Å². The first-order chi connectivity index (χ1) is 14.1. The van der Waals surface area contributed by atoms with Gasteiger partial charge in [0.05, 0.1) is 5.92 Å². The summed E-state index contributed by atoms with van der Waals surface area (Å²) in [4.78, 5) is 35.5. The Bertz CT molecular complexity index is 944. The third kappa shape index (κ3) is 5.47. The van der Waals surface area contributed by atoms with Crippen LogP contribution in [0.4, 0.5) is 5.69 Å². The molecule has 2 unspecified atom stereocenters. The highest BCUT2D eigenvalue weighted by Crippen LogP contribution is 2.26. The smallest absolute Gasteiger partial charge is 0.265 e. The maximum absolute atomic E-state index is 12.5. The Kier molecular flexibility index (Phi) is 6.25. The van der Waals surface area contributed by atoms with Crippen molar-refractivity contribution in [1.82, 2.24) is 5.32 Å². The Hall–Kier alpha value is -3.15. The van der Waals surface area contributed by atoms with E-state index in [0.717, 1.165) is 11.1 Å². The number of hydrogen-bond acceptors (Lipinski definition) is 4. The summed E-state index contributed by atoms with van der Waals surface area (Å²) in [5.41, 5.74) is 2.72. The molecule has 1 aliphatic heterocycles. The number of carbonyl (C=O) groups is 3. The quantitative estimate of drug-likeness (QED) is 0.716. The molecule has 158 valence electrons. The average molecular weight is 408 g/mol. The number of carbonyl (C=O) groups excluding carboxylic acids is 3. The highest BCUT2D eigenvalue weighted by Gasteiger charge is 2.30. The van der Waals surface area contributed by atoms with Crippen LogP contribution in [0, 0.1) is 5.92 Å². The van der Waals surface area contributed by atoms with E-state index in [4.69, 9.17) is 4.74 Å². The third-order valence-electron chi connectivity index (χ3n) is 5.15. The Labute approximate surface area is 177 Å². The van der Waals surface area contributed by atoms with Crippen LogP contribution >= 0.6 is 0 Å². The number of imide groups is 1. The van der Waals surface area contributed by atoms with Gasteiger partial charge in [0.1, 0.15) is 5.75 Å². The summed E-state index contributed by atoms with van der Waals surface area (Å²) in [6.45, 7) is 8.10. The second-order valence-corrected chi connectivity index (χ2v) is 8.74. The molecule has 2 aromatic carbocycles. The predicted molar refractivity (Wildman–Crippen MR) is 115 cm³/mol. The van der Waals surface area contributed by atoms with E-state index in [0.29, 0.717) is 17.9 Å². The molecule has 1 heterocycles. The van der Waals surface area contributed by atoms with Gasteiger partial charge in [-0.15, -0.1) is 0 Å². The van der Waals surface area contributed by atoms with Crippen molar-refractivity contribution in [2.24, 2.45) is 5.92 Å². The third-order valence-corrected chi connectivity index (χ3v) is 5.15. The van der Waals surface area contributed by atoms with Crippen LogP contribution in [0.15, 0.2) is 48.5 Å².